The van der Waals surface area contributed by atoms with Crippen LogP contribution in [0.5, 0.6) is 0 Å². The third kappa shape index (κ3) is 2.66. The van der Waals surface area contributed by atoms with Crippen molar-refractivity contribution in [3.63, 3.8) is 0 Å². The number of carbonyl (C=O) groups is 1. The fraction of sp³-hybridized carbons (Fsp3) is 0.222. The monoisotopic (exact) mass is 282 g/mol. The molecule has 0 aliphatic carbocycles. The largest absolute Gasteiger partial charge is 0.465 e. The van der Waals surface area contributed by atoms with Crippen LogP contribution in [0, 0.1) is 0 Å². The van der Waals surface area contributed by atoms with Crippen molar-refractivity contribution < 1.29 is 17.9 Å². The van der Waals surface area contributed by atoms with E-state index in [9.17, 15) is 13.2 Å². The highest BCUT2D eigenvalue weighted by Gasteiger charge is 2.19. The molecule has 0 fully saturated rings. The van der Waals surface area contributed by atoms with Crippen molar-refractivity contribution in [3.8, 4) is 0 Å². The molecule has 0 aromatic heterocycles. The molecule has 0 bridgehead atoms. The molecule has 0 atom stereocenters. The number of rotatable bonds is 2. The molecule has 0 amide bonds. The van der Waals surface area contributed by atoms with E-state index in [0.717, 1.165) is 12.3 Å². The molecule has 1 aromatic rings. The summed E-state index contributed by atoms with van der Waals surface area (Å²) < 4.78 is 27.2. The molecule has 0 aliphatic rings. The summed E-state index contributed by atoms with van der Waals surface area (Å²) in [5, 5.41) is -0.109. The second-order valence-corrected chi connectivity index (χ2v) is 5.80. The summed E-state index contributed by atoms with van der Waals surface area (Å²) in [6.07, 6.45) is 0.978. The molecule has 0 saturated carbocycles. The van der Waals surface area contributed by atoms with Gasteiger partial charge in [-0.1, -0.05) is 23.2 Å². The minimum Gasteiger partial charge on any atom is -0.465 e. The molecule has 0 aliphatic heterocycles. The van der Waals surface area contributed by atoms with Gasteiger partial charge in [0.15, 0.2) is 9.84 Å². The normalized spacial score (nSPS) is 11.2. The van der Waals surface area contributed by atoms with Crippen molar-refractivity contribution in [1.82, 2.24) is 0 Å². The predicted octanol–water partition coefficient (Wildman–Crippen LogP) is 2.18. The maximum absolute atomic E-state index is 11.4. The fourth-order valence-corrected chi connectivity index (χ4v) is 2.65. The van der Waals surface area contributed by atoms with Crippen molar-refractivity contribution in [1.29, 1.82) is 0 Å². The molecule has 0 spiro atoms. The molecule has 0 saturated heterocycles. The topological polar surface area (TPSA) is 60.4 Å². The molecule has 1 rings (SSSR count). The van der Waals surface area contributed by atoms with E-state index < -0.39 is 15.8 Å². The van der Waals surface area contributed by atoms with Crippen LogP contribution >= 0.6 is 23.2 Å². The van der Waals surface area contributed by atoms with Crippen molar-refractivity contribution in [2.45, 2.75) is 4.90 Å². The summed E-state index contributed by atoms with van der Waals surface area (Å²) in [6, 6.07) is 2.39. The molecule has 7 heteroatoms. The van der Waals surface area contributed by atoms with Crippen LogP contribution in [0.15, 0.2) is 17.0 Å². The molecule has 4 nitrogen and oxygen atoms in total. The van der Waals surface area contributed by atoms with Gasteiger partial charge in [-0.15, -0.1) is 0 Å². The van der Waals surface area contributed by atoms with Crippen LogP contribution in [0.25, 0.3) is 0 Å². The zero-order valence-electron chi connectivity index (χ0n) is 8.45. The number of methoxy groups -OCH3 is 1. The molecular formula is C9H8Cl2O4S. The molecule has 88 valence electrons. The quantitative estimate of drug-likeness (QED) is 0.780. The SMILES string of the molecule is COC(=O)c1cc(Cl)c(Cl)c(S(C)(=O)=O)c1. The van der Waals surface area contributed by atoms with Gasteiger partial charge in [0.25, 0.3) is 0 Å². The van der Waals surface area contributed by atoms with Crippen molar-refractivity contribution in [2.24, 2.45) is 0 Å². The number of hydrogen-bond acceptors (Lipinski definition) is 4. The van der Waals surface area contributed by atoms with E-state index in [1.54, 1.807) is 0 Å². The lowest BCUT2D eigenvalue weighted by molar-refractivity contribution is 0.0600. The fourth-order valence-electron chi connectivity index (χ4n) is 1.07. The van der Waals surface area contributed by atoms with Gasteiger partial charge in [0.2, 0.25) is 0 Å². The number of esters is 1. The minimum absolute atomic E-state index is 0.00927. The van der Waals surface area contributed by atoms with Crippen LogP contribution in [-0.2, 0) is 14.6 Å². The number of sulfone groups is 1. The first-order valence-corrected chi connectivity index (χ1v) is 6.69. The Morgan fingerprint density at radius 3 is 2.31 bits per heavy atom. The number of carbonyl (C=O) groups excluding carboxylic acids is 1. The Bertz CT molecular complexity index is 537. The van der Waals surface area contributed by atoms with E-state index in [-0.39, 0.29) is 20.5 Å². The van der Waals surface area contributed by atoms with E-state index in [2.05, 4.69) is 4.74 Å². The van der Waals surface area contributed by atoms with Gasteiger partial charge >= 0.3 is 5.97 Å². The van der Waals surface area contributed by atoms with Crippen LogP contribution in [0.4, 0.5) is 0 Å². The molecule has 0 unspecified atom stereocenters. The first-order valence-electron chi connectivity index (χ1n) is 4.04. The van der Waals surface area contributed by atoms with E-state index >= 15 is 0 Å². The Kier molecular flexibility index (Phi) is 3.83. The zero-order chi connectivity index (χ0) is 12.5. The lowest BCUT2D eigenvalue weighted by atomic mass is 10.2. The molecule has 16 heavy (non-hydrogen) atoms. The second-order valence-electron chi connectivity index (χ2n) is 3.03. The summed E-state index contributed by atoms with van der Waals surface area (Å²) in [6.45, 7) is 0. The lowest BCUT2D eigenvalue weighted by Crippen LogP contribution is -2.05. The standard InChI is InChI=1S/C9H8Cl2O4S/c1-15-9(12)5-3-6(10)8(11)7(4-5)16(2,13)14/h3-4H,1-2H3. The van der Waals surface area contributed by atoms with Crippen LogP contribution in [0.1, 0.15) is 10.4 Å². The summed E-state index contributed by atoms with van der Waals surface area (Å²) in [4.78, 5) is 11.0. The number of halogens is 2. The lowest BCUT2D eigenvalue weighted by Gasteiger charge is -2.06. The minimum atomic E-state index is -3.54. The van der Waals surface area contributed by atoms with E-state index in [0.29, 0.717) is 0 Å². The van der Waals surface area contributed by atoms with Gasteiger partial charge in [-0.2, -0.15) is 0 Å². The van der Waals surface area contributed by atoms with Crippen LogP contribution in [0.3, 0.4) is 0 Å². The Morgan fingerprint density at radius 1 is 1.31 bits per heavy atom. The zero-order valence-corrected chi connectivity index (χ0v) is 10.8. The number of benzene rings is 1. The Labute approximate surface area is 103 Å². The second kappa shape index (κ2) is 4.61. The molecular weight excluding hydrogens is 275 g/mol. The first-order chi connectivity index (χ1) is 7.27. The highest BCUT2D eigenvalue weighted by Crippen LogP contribution is 2.31. The van der Waals surface area contributed by atoms with Gasteiger partial charge < -0.3 is 4.74 Å². The van der Waals surface area contributed by atoms with Crippen molar-refractivity contribution in [2.75, 3.05) is 13.4 Å². The Hall–Kier alpha value is -0.780. The van der Waals surface area contributed by atoms with Crippen molar-refractivity contribution in [3.05, 3.63) is 27.7 Å². The van der Waals surface area contributed by atoms with Crippen LogP contribution in [-0.4, -0.2) is 27.8 Å². The van der Waals surface area contributed by atoms with Crippen LogP contribution in [0.2, 0.25) is 10.0 Å². The summed E-state index contributed by atoms with van der Waals surface area (Å²) >= 11 is 11.5. The average Bonchev–Trinajstić information content (AvgIpc) is 2.18. The Morgan fingerprint density at radius 2 is 1.88 bits per heavy atom. The highest BCUT2D eigenvalue weighted by molar-refractivity contribution is 7.90. The van der Waals surface area contributed by atoms with Gasteiger partial charge in [0.1, 0.15) is 0 Å². The van der Waals surface area contributed by atoms with Gasteiger partial charge in [-0.05, 0) is 12.1 Å². The summed E-state index contributed by atoms with van der Waals surface area (Å²) in [5.41, 5.74) is 0.0392. The smallest absolute Gasteiger partial charge is 0.337 e. The van der Waals surface area contributed by atoms with Gasteiger partial charge in [-0.3, -0.25) is 0 Å². The van der Waals surface area contributed by atoms with E-state index in [1.807, 2.05) is 0 Å². The molecule has 0 radical (unpaired) electrons. The third-order valence-corrected chi connectivity index (χ3v) is 3.85. The predicted molar refractivity (Wildman–Crippen MR) is 60.9 cm³/mol. The molecule has 1 aromatic carbocycles. The summed E-state index contributed by atoms with van der Waals surface area (Å²) in [5.74, 6) is -0.677. The van der Waals surface area contributed by atoms with Gasteiger partial charge in [0.05, 0.1) is 27.6 Å². The maximum atomic E-state index is 11.4. The first kappa shape index (κ1) is 13.3. The highest BCUT2D eigenvalue weighted by atomic mass is 35.5. The maximum Gasteiger partial charge on any atom is 0.337 e. The molecule has 0 heterocycles. The van der Waals surface area contributed by atoms with Gasteiger partial charge in [0, 0.05) is 6.26 Å². The average molecular weight is 283 g/mol. The molecule has 0 N–H and O–H groups in total. The third-order valence-electron chi connectivity index (χ3n) is 1.82. The number of hydrogen-bond donors (Lipinski definition) is 0. The van der Waals surface area contributed by atoms with E-state index in [4.69, 9.17) is 23.2 Å². The summed E-state index contributed by atoms with van der Waals surface area (Å²) in [7, 11) is -2.36. The van der Waals surface area contributed by atoms with Crippen molar-refractivity contribution >= 4 is 39.0 Å². The van der Waals surface area contributed by atoms with Gasteiger partial charge in [-0.25, -0.2) is 13.2 Å². The van der Waals surface area contributed by atoms with Crippen LogP contribution < -0.4 is 0 Å². The van der Waals surface area contributed by atoms with E-state index in [1.165, 1.54) is 13.2 Å². The Balaban J connectivity index is 3.52. The number of ether oxygens (including phenoxy) is 1.